The van der Waals surface area contributed by atoms with Gasteiger partial charge in [0.25, 0.3) is 5.56 Å². The van der Waals surface area contributed by atoms with Gasteiger partial charge in [-0.05, 0) is 64.7 Å². The Morgan fingerprint density at radius 1 is 1.19 bits per heavy atom. The minimum absolute atomic E-state index is 0.00292. The fraction of sp³-hybridized carbons (Fsp3) is 0.533. The quantitative estimate of drug-likeness (QED) is 0.323. The Hall–Kier alpha value is -3.96. The van der Waals surface area contributed by atoms with Gasteiger partial charge in [-0.3, -0.25) is 14.1 Å². The summed E-state index contributed by atoms with van der Waals surface area (Å²) in [4.78, 5) is 35.9. The monoisotopic (exact) mass is 681 g/mol. The van der Waals surface area contributed by atoms with Crippen molar-refractivity contribution in [1.82, 2.24) is 23.7 Å². The van der Waals surface area contributed by atoms with Gasteiger partial charge in [-0.2, -0.15) is 17.7 Å². The first kappa shape index (κ1) is 34.4. The predicted octanol–water partition coefficient (Wildman–Crippen LogP) is 3.54. The van der Waals surface area contributed by atoms with Crippen molar-refractivity contribution in [2.24, 2.45) is 7.05 Å². The van der Waals surface area contributed by atoms with E-state index in [2.05, 4.69) is 15.3 Å². The molecule has 5 rings (SSSR count). The maximum absolute atomic E-state index is 15.6. The van der Waals surface area contributed by atoms with Crippen molar-refractivity contribution in [2.45, 2.75) is 63.8 Å². The Labute approximate surface area is 269 Å². The number of likely N-dealkylation sites (tertiary alicyclic amines) is 1. The molecule has 2 saturated heterocycles. The molecule has 0 aliphatic carbocycles. The molecule has 17 heteroatoms. The number of benzene rings is 1. The van der Waals surface area contributed by atoms with E-state index in [0.29, 0.717) is 32.4 Å². The third kappa shape index (κ3) is 7.62. The second kappa shape index (κ2) is 12.9. The van der Waals surface area contributed by atoms with E-state index < -0.39 is 62.1 Å². The molecule has 0 saturated carbocycles. The number of amides is 1. The Bertz CT molecular complexity index is 1840. The minimum atomic E-state index is -4.33. The molecule has 1 amide bonds. The molecule has 4 heterocycles. The zero-order valence-electron chi connectivity index (χ0n) is 26.5. The number of carbonyl (C=O) groups is 1. The molecule has 0 unspecified atom stereocenters. The second-order valence-electron chi connectivity index (χ2n) is 12.9. The van der Waals surface area contributed by atoms with E-state index in [1.807, 2.05) is 4.72 Å². The van der Waals surface area contributed by atoms with Gasteiger partial charge in [0.1, 0.15) is 23.2 Å². The molecule has 0 bridgehead atoms. The van der Waals surface area contributed by atoms with Crippen molar-refractivity contribution in [3.63, 3.8) is 0 Å². The van der Waals surface area contributed by atoms with Crippen LogP contribution in [-0.2, 0) is 22.0 Å². The maximum Gasteiger partial charge on any atom is 0.410 e. The van der Waals surface area contributed by atoms with E-state index in [1.54, 1.807) is 25.7 Å². The lowest BCUT2D eigenvalue weighted by atomic mass is 9.88. The first-order chi connectivity index (χ1) is 22.0. The van der Waals surface area contributed by atoms with Gasteiger partial charge in [0.2, 0.25) is 5.95 Å². The minimum Gasteiger partial charge on any atom is -0.444 e. The lowest BCUT2D eigenvalue weighted by Crippen LogP contribution is -2.48. The molecule has 3 aromatic rings. The molecule has 0 radical (unpaired) electrons. The van der Waals surface area contributed by atoms with Crippen molar-refractivity contribution in [3.05, 3.63) is 46.4 Å². The summed E-state index contributed by atoms with van der Waals surface area (Å²) in [5, 5.41) is 14.3. The molecule has 2 aliphatic rings. The summed E-state index contributed by atoms with van der Waals surface area (Å²) in [6.45, 7) is 5.85. The summed E-state index contributed by atoms with van der Waals surface area (Å²) < 4.78 is 79.0. The number of piperidine rings is 1. The number of aryl methyl sites for hydroxylation is 1. The number of nitrogens with one attached hydrogen (secondary N) is 2. The molecule has 13 nitrogen and oxygen atoms in total. The number of carbonyl (C=O) groups excluding carboxylic acids is 1. The molecule has 0 spiro atoms. The maximum atomic E-state index is 15.6. The lowest BCUT2D eigenvalue weighted by molar-refractivity contribution is -0.0345. The number of alkyl halides is 1. The molecule has 2 aliphatic heterocycles. The molecule has 2 aromatic heterocycles. The van der Waals surface area contributed by atoms with Gasteiger partial charge < -0.3 is 20.1 Å². The van der Waals surface area contributed by atoms with Crippen LogP contribution in [0.15, 0.2) is 29.2 Å². The lowest BCUT2D eigenvalue weighted by Gasteiger charge is -2.38. The Morgan fingerprint density at radius 2 is 1.89 bits per heavy atom. The highest BCUT2D eigenvalue weighted by atomic mass is 32.2. The summed E-state index contributed by atoms with van der Waals surface area (Å²) in [5.41, 5.74) is -4.00. The highest BCUT2D eigenvalue weighted by Crippen LogP contribution is 2.32. The zero-order valence-corrected chi connectivity index (χ0v) is 27.3. The fourth-order valence-electron chi connectivity index (χ4n) is 5.59. The number of anilines is 2. The van der Waals surface area contributed by atoms with Gasteiger partial charge in [-0.25, -0.2) is 22.9 Å². The smallest absolute Gasteiger partial charge is 0.410 e. The normalized spacial score (nSPS) is 18.8. The van der Waals surface area contributed by atoms with Crippen molar-refractivity contribution < 1.29 is 36.2 Å². The molecular weight excluding hydrogens is 643 g/mol. The molecule has 1 atom stereocenters. The first-order valence-electron chi connectivity index (χ1n) is 15.2. The second-order valence-corrected chi connectivity index (χ2v) is 14.6. The van der Waals surface area contributed by atoms with Gasteiger partial charge in [0.05, 0.1) is 22.4 Å². The van der Waals surface area contributed by atoms with E-state index in [0.717, 1.165) is 21.0 Å². The SMILES string of the molecule is Cn1c(=O)c(-c2c(F)ccc(NS(=O)(=O)N3CC[C@@H](F)C3)c2F)cc2cnc(NCCC3(O)CCN(C(=O)OC(C)(C)C)CC3)nc21. The van der Waals surface area contributed by atoms with Crippen LogP contribution in [0.25, 0.3) is 22.2 Å². The van der Waals surface area contributed by atoms with Crippen LogP contribution in [-0.4, -0.2) is 93.5 Å². The van der Waals surface area contributed by atoms with Crippen LogP contribution in [0, 0.1) is 11.6 Å². The summed E-state index contributed by atoms with van der Waals surface area (Å²) in [6.07, 6.45) is 0.646. The van der Waals surface area contributed by atoms with Gasteiger partial charge >= 0.3 is 16.3 Å². The van der Waals surface area contributed by atoms with E-state index in [9.17, 15) is 27.5 Å². The number of aliphatic hydroxyl groups is 1. The van der Waals surface area contributed by atoms with Crippen molar-refractivity contribution >= 4 is 39.0 Å². The van der Waals surface area contributed by atoms with Crippen LogP contribution in [0.5, 0.6) is 0 Å². The Kier molecular flexibility index (Phi) is 9.45. The van der Waals surface area contributed by atoms with E-state index >= 15 is 8.78 Å². The van der Waals surface area contributed by atoms with Crippen LogP contribution >= 0.6 is 0 Å². The number of pyridine rings is 1. The molecular formula is C30H38F3N7O6S. The largest absolute Gasteiger partial charge is 0.444 e. The molecule has 256 valence electrons. The van der Waals surface area contributed by atoms with E-state index in [1.165, 1.54) is 19.3 Å². The highest BCUT2D eigenvalue weighted by molar-refractivity contribution is 7.90. The summed E-state index contributed by atoms with van der Waals surface area (Å²) >= 11 is 0. The number of ether oxygens (including phenoxy) is 1. The number of rotatable bonds is 8. The third-order valence-electron chi connectivity index (χ3n) is 8.20. The fourth-order valence-corrected chi connectivity index (χ4v) is 6.86. The number of fused-ring (bicyclic) bond motifs is 1. The number of nitrogens with zero attached hydrogens (tertiary/aromatic N) is 5. The number of hydrogen-bond acceptors (Lipinski definition) is 9. The van der Waals surface area contributed by atoms with Gasteiger partial charge in [0.15, 0.2) is 5.82 Å². The zero-order chi connectivity index (χ0) is 34.3. The Balaban J connectivity index is 1.30. The average Bonchev–Trinajstić information content (AvgIpc) is 3.44. The van der Waals surface area contributed by atoms with Crippen molar-refractivity contribution in [2.75, 3.05) is 42.8 Å². The van der Waals surface area contributed by atoms with Gasteiger partial charge in [0, 0.05) is 51.4 Å². The number of halogens is 3. The van der Waals surface area contributed by atoms with E-state index in [-0.39, 0.29) is 48.6 Å². The van der Waals surface area contributed by atoms with Gasteiger partial charge in [-0.15, -0.1) is 0 Å². The molecule has 47 heavy (non-hydrogen) atoms. The van der Waals surface area contributed by atoms with Crippen LogP contribution in [0.4, 0.5) is 29.6 Å². The van der Waals surface area contributed by atoms with E-state index in [4.69, 9.17) is 4.74 Å². The van der Waals surface area contributed by atoms with Crippen LogP contribution in [0.2, 0.25) is 0 Å². The van der Waals surface area contributed by atoms with Crippen LogP contribution < -0.4 is 15.6 Å². The van der Waals surface area contributed by atoms with Crippen LogP contribution in [0.1, 0.15) is 46.5 Å². The average molecular weight is 682 g/mol. The van der Waals surface area contributed by atoms with Gasteiger partial charge in [-0.1, -0.05) is 0 Å². The Morgan fingerprint density at radius 3 is 2.53 bits per heavy atom. The number of hydrogen-bond donors (Lipinski definition) is 3. The van der Waals surface area contributed by atoms with Crippen molar-refractivity contribution in [3.8, 4) is 11.1 Å². The topological polar surface area (TPSA) is 159 Å². The van der Waals surface area contributed by atoms with Crippen molar-refractivity contribution in [1.29, 1.82) is 0 Å². The molecule has 1 aromatic carbocycles. The summed E-state index contributed by atoms with van der Waals surface area (Å²) in [7, 11) is -2.96. The first-order valence-corrected chi connectivity index (χ1v) is 16.6. The number of aromatic nitrogens is 3. The third-order valence-corrected chi connectivity index (χ3v) is 9.69. The highest BCUT2D eigenvalue weighted by Gasteiger charge is 2.35. The van der Waals surface area contributed by atoms with Crippen LogP contribution in [0.3, 0.4) is 0 Å². The standard InChI is InChI=1S/C30H38F3N7O6S/c1-29(2,3)46-28(42)39-13-9-30(43,10-14-39)8-11-34-27-35-16-18-15-20(26(41)38(4)25(18)36-27)23-21(32)5-6-22(24(23)33)37-47(44,45)40-12-7-19(31)17-40/h5-6,15-16,19,37,43H,7-14,17H2,1-4H3,(H,34,35,36)/t19-/m1/s1. The molecule has 3 N–H and O–H groups in total. The predicted molar refractivity (Wildman–Crippen MR) is 169 cm³/mol. The summed E-state index contributed by atoms with van der Waals surface area (Å²) in [6, 6.07) is 2.94. The molecule has 2 fully saturated rings. The summed E-state index contributed by atoms with van der Waals surface area (Å²) in [5.74, 6) is -2.25.